The molecule has 0 bridgehead atoms. The van der Waals surface area contributed by atoms with Crippen LogP contribution in [0, 0.1) is 5.92 Å². The van der Waals surface area contributed by atoms with Crippen molar-refractivity contribution < 1.29 is 23.9 Å². The molecule has 9 heteroatoms. The molecule has 0 unspecified atom stereocenters. The van der Waals surface area contributed by atoms with Gasteiger partial charge in [0.15, 0.2) is 0 Å². The number of imide groups is 1. The average Bonchev–Trinajstić information content (AvgIpc) is 3.02. The summed E-state index contributed by atoms with van der Waals surface area (Å²) in [7, 11) is 1.57. The van der Waals surface area contributed by atoms with Gasteiger partial charge in [0.1, 0.15) is 29.3 Å². The van der Waals surface area contributed by atoms with Crippen molar-refractivity contribution >= 4 is 23.5 Å². The molecule has 2 N–H and O–H groups in total. The van der Waals surface area contributed by atoms with Gasteiger partial charge in [0.2, 0.25) is 11.8 Å². The van der Waals surface area contributed by atoms with Crippen LogP contribution in [0.2, 0.25) is 0 Å². The van der Waals surface area contributed by atoms with E-state index in [1.54, 1.807) is 49.7 Å². The molecule has 1 aromatic heterocycles. The Labute approximate surface area is 186 Å². The fourth-order valence-corrected chi connectivity index (χ4v) is 4.30. The minimum absolute atomic E-state index is 0.0311. The van der Waals surface area contributed by atoms with E-state index in [4.69, 9.17) is 9.47 Å². The molecule has 1 aliphatic heterocycles. The van der Waals surface area contributed by atoms with E-state index in [9.17, 15) is 14.4 Å². The Morgan fingerprint density at radius 2 is 1.97 bits per heavy atom. The summed E-state index contributed by atoms with van der Waals surface area (Å²) >= 11 is 0. The van der Waals surface area contributed by atoms with Gasteiger partial charge in [0.25, 0.3) is 5.91 Å². The van der Waals surface area contributed by atoms with Crippen molar-refractivity contribution in [2.45, 2.75) is 38.1 Å². The van der Waals surface area contributed by atoms with Crippen LogP contribution in [-0.4, -0.2) is 46.9 Å². The maximum Gasteiger partial charge on any atom is 0.325 e. The molecule has 4 rings (SSSR count). The fourth-order valence-electron chi connectivity index (χ4n) is 4.30. The molecule has 2 aromatic rings. The van der Waals surface area contributed by atoms with E-state index in [1.165, 1.54) is 0 Å². The van der Waals surface area contributed by atoms with Crippen molar-refractivity contribution in [3.63, 3.8) is 0 Å². The van der Waals surface area contributed by atoms with Gasteiger partial charge in [0.05, 0.1) is 7.11 Å². The summed E-state index contributed by atoms with van der Waals surface area (Å²) in [5, 5.41) is 5.55. The van der Waals surface area contributed by atoms with Crippen LogP contribution >= 0.6 is 0 Å². The number of benzene rings is 1. The lowest BCUT2D eigenvalue weighted by molar-refractivity contribution is -0.136. The van der Waals surface area contributed by atoms with Crippen molar-refractivity contribution in [1.82, 2.24) is 15.2 Å². The molecule has 0 radical (unpaired) electrons. The molecule has 4 amide bonds. The van der Waals surface area contributed by atoms with Crippen LogP contribution in [0.25, 0.3) is 0 Å². The van der Waals surface area contributed by atoms with Crippen LogP contribution in [0.15, 0.2) is 42.6 Å². The quantitative estimate of drug-likeness (QED) is 0.670. The number of rotatable bonds is 6. The number of pyridine rings is 1. The average molecular weight is 438 g/mol. The maximum absolute atomic E-state index is 13.1. The Balaban J connectivity index is 1.44. The number of amides is 4. The van der Waals surface area contributed by atoms with Crippen LogP contribution in [0.1, 0.15) is 32.6 Å². The second-order valence-electron chi connectivity index (χ2n) is 8.12. The normalized spacial score (nSPS) is 22.6. The second-order valence-corrected chi connectivity index (χ2v) is 8.12. The molecule has 2 fully saturated rings. The Morgan fingerprint density at radius 1 is 1.22 bits per heavy atom. The summed E-state index contributed by atoms with van der Waals surface area (Å²) in [4.78, 5) is 43.5. The first-order valence-corrected chi connectivity index (χ1v) is 10.6. The third-order valence-electron chi connectivity index (χ3n) is 6.12. The number of carbonyl (C=O) groups is 3. The first-order chi connectivity index (χ1) is 15.4. The topological polar surface area (TPSA) is 110 Å². The zero-order valence-electron chi connectivity index (χ0n) is 18.1. The first kappa shape index (κ1) is 21.6. The summed E-state index contributed by atoms with van der Waals surface area (Å²) in [5.41, 5.74) is -0.562. The van der Waals surface area contributed by atoms with Gasteiger partial charge in [-0.3, -0.25) is 14.5 Å². The van der Waals surface area contributed by atoms with Crippen molar-refractivity contribution in [2.24, 2.45) is 5.92 Å². The molecule has 168 valence electrons. The van der Waals surface area contributed by atoms with Gasteiger partial charge >= 0.3 is 6.03 Å². The highest BCUT2D eigenvalue weighted by Crippen LogP contribution is 2.38. The van der Waals surface area contributed by atoms with E-state index in [2.05, 4.69) is 15.6 Å². The number of nitrogens with one attached hydrogen (secondary N) is 2. The smallest absolute Gasteiger partial charge is 0.325 e. The first-order valence-electron chi connectivity index (χ1n) is 10.6. The van der Waals surface area contributed by atoms with Crippen molar-refractivity contribution in [3.05, 3.63) is 42.6 Å². The lowest BCUT2D eigenvalue weighted by atomic mass is 9.73. The van der Waals surface area contributed by atoms with Gasteiger partial charge in [-0.25, -0.2) is 9.78 Å². The zero-order chi connectivity index (χ0) is 22.7. The number of urea groups is 1. The van der Waals surface area contributed by atoms with Crippen LogP contribution in [0.5, 0.6) is 17.4 Å². The maximum atomic E-state index is 13.1. The number of methoxy groups -OCH3 is 1. The second kappa shape index (κ2) is 8.86. The number of aromatic nitrogens is 1. The minimum Gasteiger partial charge on any atom is -0.497 e. The van der Waals surface area contributed by atoms with Gasteiger partial charge in [-0.2, -0.15) is 0 Å². The number of ether oxygens (including phenoxy) is 2. The van der Waals surface area contributed by atoms with E-state index in [1.807, 2.05) is 6.92 Å². The summed E-state index contributed by atoms with van der Waals surface area (Å²) < 4.78 is 10.9. The monoisotopic (exact) mass is 438 g/mol. The molecular formula is C23H26N4O5. The van der Waals surface area contributed by atoms with Crippen molar-refractivity contribution in [1.29, 1.82) is 0 Å². The molecular weight excluding hydrogens is 412 g/mol. The fraction of sp³-hybridized carbons (Fsp3) is 0.391. The summed E-state index contributed by atoms with van der Waals surface area (Å²) in [6.07, 6.45) is 4.91. The summed E-state index contributed by atoms with van der Waals surface area (Å²) in [6, 6.07) is 9.70. The van der Waals surface area contributed by atoms with Crippen LogP contribution in [0.3, 0.4) is 0 Å². The molecule has 1 spiro atoms. The standard InChI is InChI=1S/C23H26N4O5/c1-15-6-3-4-12-23(15)21(29)27(22(30)26-23)14-19(28)25-18-7-5-13-24-20(18)32-17-10-8-16(31-2)9-11-17/h5,7-11,13,15H,3-4,6,12,14H2,1-2H3,(H,25,28)(H,26,30)/t15-,23+/m0/s1. The third-order valence-corrected chi connectivity index (χ3v) is 6.12. The Hall–Kier alpha value is -3.62. The molecule has 32 heavy (non-hydrogen) atoms. The molecule has 2 aliphatic rings. The highest BCUT2D eigenvalue weighted by molar-refractivity contribution is 6.10. The number of nitrogens with zero attached hydrogens (tertiary/aromatic N) is 2. The van der Waals surface area contributed by atoms with Gasteiger partial charge < -0.3 is 20.1 Å². The van der Waals surface area contributed by atoms with Gasteiger partial charge in [-0.05, 0) is 55.2 Å². The highest BCUT2D eigenvalue weighted by Gasteiger charge is 2.55. The Kier molecular flexibility index (Phi) is 5.98. The van der Waals surface area contributed by atoms with E-state index in [0.717, 1.165) is 24.2 Å². The zero-order valence-corrected chi connectivity index (χ0v) is 18.1. The summed E-state index contributed by atoms with van der Waals surface area (Å²) in [5.74, 6) is 0.587. The number of hydrogen-bond donors (Lipinski definition) is 2. The van der Waals surface area contributed by atoms with Crippen molar-refractivity contribution in [3.8, 4) is 17.4 Å². The predicted octanol–water partition coefficient (Wildman–Crippen LogP) is 3.32. The van der Waals surface area contributed by atoms with Gasteiger partial charge in [0, 0.05) is 6.20 Å². The van der Waals surface area contributed by atoms with Crippen LogP contribution < -0.4 is 20.1 Å². The minimum atomic E-state index is -0.896. The summed E-state index contributed by atoms with van der Waals surface area (Å²) in [6.45, 7) is 1.59. The van der Waals surface area contributed by atoms with E-state index in [-0.39, 0.29) is 24.2 Å². The molecule has 1 aliphatic carbocycles. The van der Waals surface area contributed by atoms with Crippen LogP contribution in [0.4, 0.5) is 10.5 Å². The van der Waals surface area contributed by atoms with Crippen molar-refractivity contribution in [2.75, 3.05) is 19.0 Å². The van der Waals surface area contributed by atoms with Crippen LogP contribution in [-0.2, 0) is 9.59 Å². The highest BCUT2D eigenvalue weighted by atomic mass is 16.5. The molecule has 2 atom stereocenters. The molecule has 2 heterocycles. The molecule has 1 saturated carbocycles. The third kappa shape index (κ3) is 4.10. The molecule has 1 aromatic carbocycles. The number of hydrogen-bond acceptors (Lipinski definition) is 6. The SMILES string of the molecule is COc1ccc(Oc2ncccc2NC(=O)CN2C(=O)N[C@@]3(CCCC[C@@H]3C)C2=O)cc1. The lowest BCUT2D eigenvalue weighted by Crippen LogP contribution is -2.54. The number of anilines is 1. The largest absolute Gasteiger partial charge is 0.497 e. The van der Waals surface area contributed by atoms with Gasteiger partial charge in [-0.15, -0.1) is 0 Å². The van der Waals surface area contributed by atoms with Gasteiger partial charge in [-0.1, -0.05) is 19.8 Å². The Morgan fingerprint density at radius 3 is 2.69 bits per heavy atom. The van der Waals surface area contributed by atoms with E-state index >= 15 is 0 Å². The number of carbonyl (C=O) groups excluding carboxylic acids is 3. The lowest BCUT2D eigenvalue weighted by Gasteiger charge is -2.36. The molecule has 1 saturated heterocycles. The molecule has 9 nitrogen and oxygen atoms in total. The van der Waals surface area contributed by atoms with E-state index in [0.29, 0.717) is 23.6 Å². The van der Waals surface area contributed by atoms with E-state index < -0.39 is 17.5 Å². The Bertz CT molecular complexity index is 1030. The predicted molar refractivity (Wildman–Crippen MR) is 117 cm³/mol.